The molecule has 0 spiro atoms. The molecule has 80 valence electrons. The van der Waals surface area contributed by atoms with Gasteiger partial charge in [-0.05, 0) is 6.42 Å². The maximum atomic E-state index is 13.0. The fourth-order valence-corrected chi connectivity index (χ4v) is 2.54. The van der Waals surface area contributed by atoms with E-state index in [1.54, 1.807) is 0 Å². The minimum absolute atomic E-state index is 0.00459. The molecule has 0 bridgehead atoms. The number of halogens is 3. The second kappa shape index (κ2) is 3.65. The molecule has 2 unspecified atom stereocenters. The summed E-state index contributed by atoms with van der Waals surface area (Å²) in [5.41, 5.74) is 0. The molecular formula is C9H13ClF2N2. The van der Waals surface area contributed by atoms with Crippen molar-refractivity contribution >= 4 is 17.8 Å². The monoisotopic (exact) mass is 222 g/mol. The van der Waals surface area contributed by atoms with Crippen molar-refractivity contribution in [1.82, 2.24) is 5.01 Å². The Labute approximate surface area is 86.9 Å². The molecule has 0 N–H and O–H groups in total. The number of hydrazone groups is 1. The fraction of sp³-hybridized carbons (Fsp3) is 0.889. The molecule has 1 aliphatic carbocycles. The van der Waals surface area contributed by atoms with Gasteiger partial charge < -0.3 is 0 Å². The van der Waals surface area contributed by atoms with Gasteiger partial charge in [0.1, 0.15) is 0 Å². The summed E-state index contributed by atoms with van der Waals surface area (Å²) in [5.74, 6) is -2.58. The van der Waals surface area contributed by atoms with Crippen LogP contribution in [0.25, 0.3) is 0 Å². The van der Waals surface area contributed by atoms with Crippen molar-refractivity contribution in [2.75, 3.05) is 6.54 Å². The number of rotatable bonds is 1. The molecule has 0 radical (unpaired) electrons. The Hall–Kier alpha value is -0.380. The first kappa shape index (κ1) is 10.1. The Morgan fingerprint density at radius 1 is 1.50 bits per heavy atom. The van der Waals surface area contributed by atoms with Crippen LogP contribution in [0, 0.1) is 0 Å². The first-order valence-corrected chi connectivity index (χ1v) is 5.33. The lowest BCUT2D eigenvalue weighted by molar-refractivity contribution is -0.0504. The van der Waals surface area contributed by atoms with Crippen LogP contribution in [-0.2, 0) is 0 Å². The number of nitrogens with zero attached hydrogens (tertiary/aromatic N) is 2. The van der Waals surface area contributed by atoms with Crippen molar-refractivity contribution < 1.29 is 8.78 Å². The van der Waals surface area contributed by atoms with Gasteiger partial charge in [-0.2, -0.15) is 5.10 Å². The molecule has 1 saturated carbocycles. The van der Waals surface area contributed by atoms with E-state index in [4.69, 9.17) is 11.6 Å². The number of hydrogen-bond acceptors (Lipinski definition) is 2. The summed E-state index contributed by atoms with van der Waals surface area (Å²) < 4.78 is 25.9. The van der Waals surface area contributed by atoms with Crippen LogP contribution < -0.4 is 0 Å². The molecule has 0 aromatic carbocycles. The van der Waals surface area contributed by atoms with Gasteiger partial charge in [-0.25, -0.2) is 8.78 Å². The smallest absolute Gasteiger partial charge is 0.249 e. The van der Waals surface area contributed by atoms with Crippen LogP contribution >= 0.6 is 11.6 Å². The molecule has 0 amide bonds. The van der Waals surface area contributed by atoms with Crippen LogP contribution in [0.5, 0.6) is 0 Å². The molecule has 1 aliphatic heterocycles. The first-order valence-electron chi connectivity index (χ1n) is 4.89. The van der Waals surface area contributed by atoms with E-state index in [9.17, 15) is 8.78 Å². The molecule has 2 rings (SSSR count). The second-order valence-electron chi connectivity index (χ2n) is 3.93. The molecule has 2 nitrogen and oxygen atoms in total. The highest BCUT2D eigenvalue weighted by Gasteiger charge is 2.42. The molecule has 1 fully saturated rings. The van der Waals surface area contributed by atoms with E-state index in [-0.39, 0.29) is 18.9 Å². The van der Waals surface area contributed by atoms with Crippen molar-refractivity contribution in [2.45, 2.75) is 43.0 Å². The van der Waals surface area contributed by atoms with Crippen molar-refractivity contribution in [1.29, 1.82) is 0 Å². The Kier molecular flexibility index (Phi) is 2.64. The zero-order valence-electron chi connectivity index (χ0n) is 7.80. The van der Waals surface area contributed by atoms with Gasteiger partial charge in [0.2, 0.25) is 5.92 Å². The van der Waals surface area contributed by atoms with E-state index in [0.29, 0.717) is 6.42 Å². The largest absolute Gasteiger partial charge is 0.292 e. The summed E-state index contributed by atoms with van der Waals surface area (Å²) in [6.07, 6.45) is 2.88. The lowest BCUT2D eigenvalue weighted by Crippen LogP contribution is -2.44. The molecule has 0 aromatic heterocycles. The van der Waals surface area contributed by atoms with E-state index >= 15 is 0 Å². The summed E-state index contributed by atoms with van der Waals surface area (Å²) in [6, 6.07) is -0.00459. The van der Waals surface area contributed by atoms with Gasteiger partial charge in [-0.1, -0.05) is 0 Å². The summed E-state index contributed by atoms with van der Waals surface area (Å²) >= 11 is 5.95. The number of hydrogen-bond donors (Lipinski definition) is 0. The predicted octanol–water partition coefficient (Wildman–Crippen LogP) is 2.47. The van der Waals surface area contributed by atoms with Crippen LogP contribution in [0.15, 0.2) is 5.10 Å². The summed E-state index contributed by atoms with van der Waals surface area (Å²) in [5, 5.41) is 5.51. The fourth-order valence-electron chi connectivity index (χ4n) is 2.06. The normalized spacial score (nSPS) is 36.4. The van der Waals surface area contributed by atoms with Gasteiger partial charge in [-0.15, -0.1) is 11.6 Å². The van der Waals surface area contributed by atoms with Crippen LogP contribution in [0.1, 0.15) is 25.7 Å². The van der Waals surface area contributed by atoms with Gasteiger partial charge >= 0.3 is 0 Å². The van der Waals surface area contributed by atoms with E-state index in [2.05, 4.69) is 5.10 Å². The second-order valence-corrected chi connectivity index (χ2v) is 4.49. The molecular weight excluding hydrogens is 210 g/mol. The van der Waals surface area contributed by atoms with Gasteiger partial charge in [-0.3, -0.25) is 5.01 Å². The van der Waals surface area contributed by atoms with Crippen molar-refractivity contribution in [3.05, 3.63) is 0 Å². The first-order chi connectivity index (χ1) is 6.58. The molecule has 0 saturated heterocycles. The molecule has 2 aliphatic rings. The standard InChI is InChI=1S/C9H13ClF2N2/c10-7-6-9(11,12)3-2-8(7)14-5-1-4-13-14/h4,7-8H,1-3,5-6H2. The third kappa shape index (κ3) is 2.00. The zero-order valence-corrected chi connectivity index (χ0v) is 8.55. The Balaban J connectivity index is 1.98. The number of alkyl halides is 3. The Morgan fingerprint density at radius 3 is 2.86 bits per heavy atom. The average molecular weight is 223 g/mol. The summed E-state index contributed by atoms with van der Waals surface area (Å²) in [4.78, 5) is 0. The maximum absolute atomic E-state index is 13.0. The van der Waals surface area contributed by atoms with Gasteiger partial charge in [0.15, 0.2) is 0 Å². The van der Waals surface area contributed by atoms with Crippen LogP contribution in [0.3, 0.4) is 0 Å². The summed E-state index contributed by atoms with van der Waals surface area (Å²) in [7, 11) is 0. The Morgan fingerprint density at radius 2 is 2.29 bits per heavy atom. The highest BCUT2D eigenvalue weighted by Crippen LogP contribution is 2.38. The molecule has 14 heavy (non-hydrogen) atoms. The van der Waals surface area contributed by atoms with Crippen molar-refractivity contribution in [2.24, 2.45) is 5.10 Å². The summed E-state index contributed by atoms with van der Waals surface area (Å²) in [6.45, 7) is 0.819. The highest BCUT2D eigenvalue weighted by molar-refractivity contribution is 6.21. The average Bonchev–Trinajstić information content (AvgIpc) is 2.54. The highest BCUT2D eigenvalue weighted by atomic mass is 35.5. The van der Waals surface area contributed by atoms with Crippen molar-refractivity contribution in [3.63, 3.8) is 0 Å². The third-order valence-electron chi connectivity index (χ3n) is 2.82. The lowest BCUT2D eigenvalue weighted by atomic mass is 9.91. The van der Waals surface area contributed by atoms with Crippen LogP contribution in [-0.4, -0.2) is 35.1 Å². The van der Waals surface area contributed by atoms with Gasteiger partial charge in [0.25, 0.3) is 0 Å². The van der Waals surface area contributed by atoms with Gasteiger partial charge in [0.05, 0.1) is 11.4 Å². The predicted molar refractivity (Wildman–Crippen MR) is 52.0 cm³/mol. The van der Waals surface area contributed by atoms with E-state index in [0.717, 1.165) is 13.0 Å². The lowest BCUT2D eigenvalue weighted by Gasteiger charge is -2.36. The SMILES string of the molecule is FC1(F)CCC(N2CCC=N2)C(Cl)C1. The Bertz CT molecular complexity index is 245. The molecule has 2 atom stereocenters. The third-order valence-corrected chi connectivity index (χ3v) is 3.26. The topological polar surface area (TPSA) is 15.6 Å². The molecule has 5 heteroatoms. The minimum Gasteiger partial charge on any atom is -0.292 e. The molecule has 1 heterocycles. The van der Waals surface area contributed by atoms with Crippen molar-refractivity contribution in [3.8, 4) is 0 Å². The minimum atomic E-state index is -2.58. The zero-order chi connectivity index (χ0) is 10.2. The van der Waals surface area contributed by atoms with E-state index < -0.39 is 11.3 Å². The van der Waals surface area contributed by atoms with Crippen LogP contribution in [0.2, 0.25) is 0 Å². The van der Waals surface area contributed by atoms with Crippen LogP contribution in [0.4, 0.5) is 8.78 Å². The molecule has 0 aromatic rings. The maximum Gasteiger partial charge on any atom is 0.249 e. The van der Waals surface area contributed by atoms with E-state index in [1.165, 1.54) is 0 Å². The van der Waals surface area contributed by atoms with Gasteiger partial charge in [0, 0.05) is 32.0 Å². The quantitative estimate of drug-likeness (QED) is 0.623. The van der Waals surface area contributed by atoms with E-state index in [1.807, 2.05) is 11.2 Å².